The molecule has 0 spiro atoms. The van der Waals surface area contributed by atoms with Crippen LogP contribution in [0, 0.1) is 0 Å². The minimum Gasteiger partial charge on any atom is -0.375 e. The van der Waals surface area contributed by atoms with Gasteiger partial charge in [0.1, 0.15) is 0 Å². The molecule has 0 bridgehead atoms. The van der Waals surface area contributed by atoms with Crippen molar-refractivity contribution in [3.8, 4) is 5.82 Å². The van der Waals surface area contributed by atoms with E-state index >= 15 is 0 Å². The first-order chi connectivity index (χ1) is 9.34. The monoisotopic (exact) mass is 269 g/mol. The molecular weight excluding hydrogens is 254 g/mol. The van der Waals surface area contributed by atoms with Gasteiger partial charge in [0.25, 0.3) is 0 Å². The quantitative estimate of drug-likeness (QED) is 0.734. The first-order valence-corrected chi connectivity index (χ1v) is 7.55. The molecule has 2 N–H and O–H groups in total. The summed E-state index contributed by atoms with van der Waals surface area (Å²) in [6, 6.07) is 8.63. The van der Waals surface area contributed by atoms with Gasteiger partial charge in [-0.2, -0.15) is 0 Å². The number of thiazole rings is 1. The number of aryl methyl sites for hydroxylation is 1. The molecule has 0 aliphatic heterocycles. The van der Waals surface area contributed by atoms with Crippen molar-refractivity contribution in [2.24, 2.45) is 0 Å². The van der Waals surface area contributed by atoms with Gasteiger partial charge in [0.05, 0.1) is 5.52 Å². The molecule has 2 aromatic heterocycles. The summed E-state index contributed by atoms with van der Waals surface area (Å²) < 4.78 is 2.30. The highest BCUT2D eigenvalue weighted by Gasteiger charge is 2.21. The molecule has 0 amide bonds. The highest BCUT2D eigenvalue weighted by atomic mass is 32.1. The molecule has 19 heavy (non-hydrogen) atoms. The molecule has 1 aromatic carbocycles. The van der Waals surface area contributed by atoms with Crippen LogP contribution >= 0.6 is 11.3 Å². The van der Waals surface area contributed by atoms with E-state index in [4.69, 9.17) is 5.73 Å². The predicted octanol–water partition coefficient (Wildman–Crippen LogP) is 3.55. The van der Waals surface area contributed by atoms with Gasteiger partial charge in [-0.25, -0.2) is 4.98 Å². The molecule has 1 aliphatic carbocycles. The zero-order valence-electron chi connectivity index (χ0n) is 10.6. The number of aromatic nitrogens is 2. The number of hydrogen-bond donors (Lipinski definition) is 1. The molecule has 0 atom stereocenters. The van der Waals surface area contributed by atoms with Gasteiger partial charge in [-0.1, -0.05) is 18.2 Å². The van der Waals surface area contributed by atoms with Crippen molar-refractivity contribution in [2.75, 3.05) is 5.73 Å². The maximum atomic E-state index is 5.80. The summed E-state index contributed by atoms with van der Waals surface area (Å²) in [6.45, 7) is 0. The van der Waals surface area contributed by atoms with E-state index in [1.54, 1.807) is 0 Å². The van der Waals surface area contributed by atoms with E-state index in [1.165, 1.54) is 52.8 Å². The van der Waals surface area contributed by atoms with Crippen LogP contribution < -0.4 is 5.73 Å². The fourth-order valence-corrected chi connectivity index (χ4v) is 3.67. The lowest BCUT2D eigenvalue weighted by Gasteiger charge is -2.14. The zero-order valence-corrected chi connectivity index (χ0v) is 11.4. The average Bonchev–Trinajstić information content (AvgIpc) is 3.00. The molecule has 0 saturated carbocycles. The van der Waals surface area contributed by atoms with Crippen LogP contribution in [0.2, 0.25) is 0 Å². The first-order valence-electron chi connectivity index (χ1n) is 6.67. The Morgan fingerprint density at radius 1 is 1.16 bits per heavy atom. The fourth-order valence-electron chi connectivity index (χ4n) is 3.14. The molecule has 0 fully saturated rings. The Morgan fingerprint density at radius 2 is 2.00 bits per heavy atom. The number of para-hydroxylation sites is 1. The fraction of sp³-hybridized carbons (Fsp3) is 0.267. The number of nitrogen functional groups attached to an aromatic ring is 1. The number of anilines is 1. The topological polar surface area (TPSA) is 43.8 Å². The van der Waals surface area contributed by atoms with Crippen molar-refractivity contribution in [1.29, 1.82) is 0 Å². The summed E-state index contributed by atoms with van der Waals surface area (Å²) in [4.78, 5) is 4.47. The van der Waals surface area contributed by atoms with Crippen LogP contribution in [0.5, 0.6) is 0 Å². The largest absolute Gasteiger partial charge is 0.375 e. The maximum Gasteiger partial charge on any atom is 0.182 e. The number of fused-ring (bicyclic) bond motifs is 3. The number of hydrogen-bond acceptors (Lipinski definition) is 3. The normalized spacial score (nSPS) is 14.7. The van der Waals surface area contributed by atoms with Gasteiger partial charge < -0.3 is 5.73 Å². The Kier molecular flexibility index (Phi) is 2.38. The Morgan fingerprint density at radius 3 is 2.84 bits per heavy atom. The molecular formula is C15H15N3S. The number of nitrogens with two attached hydrogens (primary N) is 1. The number of nitrogens with zero attached hydrogens (tertiary/aromatic N) is 2. The van der Waals surface area contributed by atoms with Crippen molar-refractivity contribution in [3.05, 3.63) is 40.9 Å². The van der Waals surface area contributed by atoms with Gasteiger partial charge in [0, 0.05) is 16.5 Å². The van der Waals surface area contributed by atoms with Gasteiger partial charge in [0.2, 0.25) is 0 Å². The number of rotatable bonds is 1. The highest BCUT2D eigenvalue weighted by molar-refractivity contribution is 7.13. The minimum atomic E-state index is 0.636. The minimum absolute atomic E-state index is 0.636. The van der Waals surface area contributed by atoms with Crippen molar-refractivity contribution in [2.45, 2.75) is 25.7 Å². The van der Waals surface area contributed by atoms with Gasteiger partial charge in [-0.3, -0.25) is 4.57 Å². The molecule has 96 valence electrons. The molecule has 0 saturated heterocycles. The summed E-state index contributed by atoms with van der Waals surface area (Å²) in [7, 11) is 0. The van der Waals surface area contributed by atoms with Crippen molar-refractivity contribution in [3.63, 3.8) is 0 Å². The number of benzene rings is 1. The Hall–Kier alpha value is -1.81. The second-order valence-electron chi connectivity index (χ2n) is 5.03. The van der Waals surface area contributed by atoms with Crippen LogP contribution in [0.25, 0.3) is 16.7 Å². The van der Waals surface area contributed by atoms with E-state index in [2.05, 4.69) is 39.2 Å². The van der Waals surface area contributed by atoms with Gasteiger partial charge in [0.15, 0.2) is 10.9 Å². The van der Waals surface area contributed by atoms with E-state index < -0.39 is 0 Å². The third-order valence-electron chi connectivity index (χ3n) is 3.92. The molecule has 3 nitrogen and oxygen atoms in total. The third kappa shape index (κ3) is 1.60. The van der Waals surface area contributed by atoms with Crippen LogP contribution in [0.15, 0.2) is 29.6 Å². The second-order valence-corrected chi connectivity index (χ2v) is 5.92. The van der Waals surface area contributed by atoms with Gasteiger partial charge in [-0.05, 0) is 37.3 Å². The lowest BCUT2D eigenvalue weighted by molar-refractivity contribution is 0.665. The predicted molar refractivity (Wildman–Crippen MR) is 80.0 cm³/mol. The molecule has 4 heteroatoms. The zero-order chi connectivity index (χ0) is 12.8. The second kappa shape index (κ2) is 4.10. The Balaban J connectivity index is 2.08. The Bertz CT molecular complexity index is 754. The van der Waals surface area contributed by atoms with Crippen molar-refractivity contribution in [1.82, 2.24) is 9.55 Å². The van der Waals surface area contributed by atoms with E-state index in [-0.39, 0.29) is 0 Å². The molecule has 0 radical (unpaired) electrons. The summed E-state index contributed by atoms with van der Waals surface area (Å²) in [6.07, 6.45) is 4.88. The maximum absolute atomic E-state index is 5.80. The van der Waals surface area contributed by atoms with Gasteiger partial charge in [-0.15, -0.1) is 11.3 Å². The highest BCUT2D eigenvalue weighted by Crippen LogP contribution is 2.34. The molecule has 1 aliphatic rings. The molecule has 2 heterocycles. The summed E-state index contributed by atoms with van der Waals surface area (Å²) in [5, 5.41) is 4.07. The molecule has 4 rings (SSSR count). The van der Waals surface area contributed by atoms with Crippen LogP contribution in [0.1, 0.15) is 24.1 Å². The molecule has 3 aromatic rings. The van der Waals surface area contributed by atoms with E-state index in [0.717, 1.165) is 12.2 Å². The summed E-state index contributed by atoms with van der Waals surface area (Å²) in [5.41, 5.74) is 10.00. The third-order valence-corrected chi connectivity index (χ3v) is 4.58. The van der Waals surface area contributed by atoms with Crippen molar-refractivity contribution >= 4 is 27.4 Å². The SMILES string of the molecule is Nc1nc(-n2c3c(c4ccccc42)CCCC3)cs1. The van der Waals surface area contributed by atoms with Crippen LogP contribution in [-0.2, 0) is 12.8 Å². The van der Waals surface area contributed by atoms with Crippen LogP contribution in [0.4, 0.5) is 5.13 Å². The average molecular weight is 269 g/mol. The summed E-state index contributed by atoms with van der Waals surface area (Å²) >= 11 is 1.51. The smallest absolute Gasteiger partial charge is 0.182 e. The standard InChI is InChI=1S/C15H15N3S/c16-15-17-14(9-19-15)18-12-7-3-1-5-10(12)11-6-2-4-8-13(11)18/h1,3,5,7,9H,2,4,6,8H2,(H2,16,17). The van der Waals surface area contributed by atoms with E-state index in [1.807, 2.05) is 0 Å². The summed E-state index contributed by atoms with van der Waals surface area (Å²) in [5.74, 6) is 0.974. The van der Waals surface area contributed by atoms with E-state index in [0.29, 0.717) is 5.13 Å². The Labute approximate surface area is 115 Å². The van der Waals surface area contributed by atoms with Crippen molar-refractivity contribution < 1.29 is 0 Å². The lowest BCUT2D eigenvalue weighted by Crippen LogP contribution is -2.07. The van der Waals surface area contributed by atoms with Crippen LogP contribution in [0.3, 0.4) is 0 Å². The van der Waals surface area contributed by atoms with E-state index in [9.17, 15) is 0 Å². The molecule has 0 unspecified atom stereocenters. The lowest BCUT2D eigenvalue weighted by atomic mass is 9.96. The van der Waals surface area contributed by atoms with Gasteiger partial charge >= 0.3 is 0 Å². The first kappa shape index (κ1) is 11.1. The van der Waals surface area contributed by atoms with Crippen LogP contribution in [-0.4, -0.2) is 9.55 Å².